The molecule has 154 valence electrons. The molecule has 1 amide bonds. The third kappa shape index (κ3) is 4.03. The van der Waals surface area contributed by atoms with Gasteiger partial charge in [-0.15, -0.1) is 0 Å². The molecule has 1 saturated carbocycles. The second-order valence-electron chi connectivity index (χ2n) is 9.09. The number of amides is 1. The highest BCUT2D eigenvalue weighted by molar-refractivity contribution is 5.77. The highest BCUT2D eigenvalue weighted by Gasteiger charge is 2.44. The van der Waals surface area contributed by atoms with Gasteiger partial charge in [0.15, 0.2) is 0 Å². The van der Waals surface area contributed by atoms with Crippen LogP contribution in [0, 0.1) is 24.7 Å². The molecule has 1 saturated heterocycles. The average Bonchev–Trinajstić information content (AvgIpc) is 2.66. The van der Waals surface area contributed by atoms with Crippen molar-refractivity contribution in [3.05, 3.63) is 29.3 Å². The normalized spacial score (nSPS) is 28.9. The van der Waals surface area contributed by atoms with Gasteiger partial charge in [0.25, 0.3) is 0 Å². The van der Waals surface area contributed by atoms with Crippen molar-refractivity contribution in [1.29, 1.82) is 0 Å². The molecule has 5 heteroatoms. The Labute approximate surface area is 167 Å². The van der Waals surface area contributed by atoms with Crippen LogP contribution in [0.4, 0.5) is 0 Å². The number of phenols is 1. The fourth-order valence-corrected chi connectivity index (χ4v) is 5.49. The number of piperidine rings is 1. The number of nitrogens with zero attached hydrogens (tertiary/aromatic N) is 1. The van der Waals surface area contributed by atoms with E-state index in [0.717, 1.165) is 30.4 Å². The zero-order valence-electron chi connectivity index (χ0n) is 17.3. The van der Waals surface area contributed by atoms with E-state index in [-0.39, 0.29) is 28.9 Å². The number of hydrogen-bond acceptors (Lipinski definition) is 3. The summed E-state index contributed by atoms with van der Waals surface area (Å²) in [5.41, 5.74) is 2.17. The van der Waals surface area contributed by atoms with Crippen molar-refractivity contribution in [2.45, 2.75) is 64.7 Å². The molecule has 3 atom stereocenters. The van der Waals surface area contributed by atoms with E-state index in [0.29, 0.717) is 38.3 Å². The summed E-state index contributed by atoms with van der Waals surface area (Å²) in [7, 11) is 0. The van der Waals surface area contributed by atoms with Crippen LogP contribution in [0.5, 0.6) is 5.75 Å². The third-order valence-electron chi connectivity index (χ3n) is 7.29. The Kier molecular flexibility index (Phi) is 6.01. The summed E-state index contributed by atoms with van der Waals surface area (Å²) in [6, 6.07) is 5.56. The van der Waals surface area contributed by atoms with Gasteiger partial charge in [-0.1, -0.05) is 32.8 Å². The average molecular weight is 388 g/mol. The van der Waals surface area contributed by atoms with Crippen molar-refractivity contribution in [3.63, 3.8) is 0 Å². The number of carbonyl (C=O) groups excluding carboxylic acids is 1. The molecule has 1 aromatic rings. The van der Waals surface area contributed by atoms with Crippen LogP contribution in [0.1, 0.15) is 63.5 Å². The standard InChI is InChI=1S/C23H33NO4/c1-15-5-4-10-23(3,19-13-18(25)7-6-16(19)2)20(15)14-21(26)24-11-8-17(9-12-24)22(27)28/h6-7,13,15,17,20,25H,4-5,8-12,14H2,1-3H3,(H,27,28)/t15?,20-,23+/m0/s1. The topological polar surface area (TPSA) is 77.8 Å². The smallest absolute Gasteiger partial charge is 0.306 e. The Bertz CT molecular complexity index is 738. The van der Waals surface area contributed by atoms with Crippen molar-refractivity contribution in [2.75, 3.05) is 13.1 Å². The van der Waals surface area contributed by atoms with Crippen molar-refractivity contribution in [2.24, 2.45) is 17.8 Å². The molecule has 0 aromatic heterocycles. The number of carboxylic acids is 1. The summed E-state index contributed by atoms with van der Waals surface area (Å²) in [6.45, 7) is 7.65. The first-order valence-electron chi connectivity index (χ1n) is 10.5. The predicted molar refractivity (Wildman–Crippen MR) is 108 cm³/mol. The van der Waals surface area contributed by atoms with E-state index in [2.05, 4.69) is 20.8 Å². The van der Waals surface area contributed by atoms with Crippen molar-refractivity contribution in [1.82, 2.24) is 4.90 Å². The van der Waals surface area contributed by atoms with E-state index < -0.39 is 5.97 Å². The van der Waals surface area contributed by atoms with E-state index in [9.17, 15) is 19.8 Å². The van der Waals surface area contributed by atoms with Gasteiger partial charge in [0.2, 0.25) is 5.91 Å². The SMILES string of the molecule is Cc1ccc(O)cc1[C@@]1(C)CCCC(C)[C@@H]1CC(=O)N1CCC(C(=O)O)CC1. The number of aryl methyl sites for hydroxylation is 1. The molecular weight excluding hydrogens is 354 g/mol. The number of carboxylic acid groups (broad SMARTS) is 1. The van der Waals surface area contributed by atoms with Gasteiger partial charge in [-0.2, -0.15) is 0 Å². The van der Waals surface area contributed by atoms with Crippen molar-refractivity contribution < 1.29 is 19.8 Å². The van der Waals surface area contributed by atoms with Crippen LogP contribution in [0.2, 0.25) is 0 Å². The van der Waals surface area contributed by atoms with Crippen LogP contribution in [-0.4, -0.2) is 40.1 Å². The van der Waals surface area contributed by atoms with Gasteiger partial charge in [0.1, 0.15) is 5.75 Å². The maximum absolute atomic E-state index is 13.1. The van der Waals surface area contributed by atoms with Crippen LogP contribution in [0.25, 0.3) is 0 Å². The lowest BCUT2D eigenvalue weighted by Crippen LogP contribution is -2.46. The van der Waals surface area contributed by atoms with Gasteiger partial charge in [-0.3, -0.25) is 9.59 Å². The minimum absolute atomic E-state index is 0.143. The summed E-state index contributed by atoms with van der Waals surface area (Å²) in [5, 5.41) is 19.2. The zero-order chi connectivity index (χ0) is 20.5. The van der Waals surface area contributed by atoms with Crippen LogP contribution in [0.15, 0.2) is 18.2 Å². The van der Waals surface area contributed by atoms with Crippen molar-refractivity contribution >= 4 is 11.9 Å². The molecule has 0 bridgehead atoms. The first kappa shape index (κ1) is 20.7. The first-order valence-corrected chi connectivity index (χ1v) is 10.5. The molecule has 28 heavy (non-hydrogen) atoms. The largest absolute Gasteiger partial charge is 0.508 e. The number of carbonyl (C=O) groups is 2. The number of aromatic hydroxyl groups is 1. The summed E-state index contributed by atoms with van der Waals surface area (Å²) >= 11 is 0. The van der Waals surface area contributed by atoms with E-state index >= 15 is 0 Å². The molecule has 3 rings (SSSR count). The summed E-state index contributed by atoms with van der Waals surface area (Å²) in [6.07, 6.45) is 4.84. The molecular formula is C23H33NO4. The first-order chi connectivity index (χ1) is 13.2. The Morgan fingerprint density at radius 3 is 2.54 bits per heavy atom. The van der Waals surface area contributed by atoms with E-state index in [1.807, 2.05) is 17.0 Å². The number of rotatable bonds is 4. The number of phenolic OH excluding ortho intramolecular Hbond substituents is 1. The van der Waals surface area contributed by atoms with Crippen LogP contribution in [0.3, 0.4) is 0 Å². The highest BCUT2D eigenvalue weighted by Crippen LogP contribution is 2.49. The lowest BCUT2D eigenvalue weighted by Gasteiger charge is -2.47. The van der Waals surface area contributed by atoms with Gasteiger partial charge >= 0.3 is 5.97 Å². The highest BCUT2D eigenvalue weighted by atomic mass is 16.4. The maximum atomic E-state index is 13.1. The number of benzene rings is 1. The van der Waals surface area contributed by atoms with E-state index in [1.165, 1.54) is 0 Å². The molecule has 1 unspecified atom stereocenters. The van der Waals surface area contributed by atoms with Crippen LogP contribution < -0.4 is 0 Å². The Hall–Kier alpha value is -2.04. The Balaban J connectivity index is 1.79. The molecule has 5 nitrogen and oxygen atoms in total. The number of likely N-dealkylation sites (tertiary alicyclic amines) is 1. The zero-order valence-corrected chi connectivity index (χ0v) is 17.3. The summed E-state index contributed by atoms with van der Waals surface area (Å²) in [5.74, 6) is -0.00209. The molecule has 1 aromatic carbocycles. The van der Waals surface area contributed by atoms with Gasteiger partial charge < -0.3 is 15.1 Å². The monoisotopic (exact) mass is 387 g/mol. The Morgan fingerprint density at radius 2 is 1.89 bits per heavy atom. The van der Waals surface area contributed by atoms with Gasteiger partial charge in [0.05, 0.1) is 5.92 Å². The van der Waals surface area contributed by atoms with Gasteiger partial charge in [0, 0.05) is 19.5 Å². The van der Waals surface area contributed by atoms with Crippen molar-refractivity contribution in [3.8, 4) is 5.75 Å². The number of hydrogen-bond donors (Lipinski definition) is 2. The van der Waals surface area contributed by atoms with Gasteiger partial charge in [-0.25, -0.2) is 0 Å². The second kappa shape index (κ2) is 8.14. The van der Waals surface area contributed by atoms with E-state index in [1.54, 1.807) is 6.07 Å². The minimum Gasteiger partial charge on any atom is -0.508 e. The molecule has 1 heterocycles. The summed E-state index contributed by atoms with van der Waals surface area (Å²) < 4.78 is 0. The molecule has 0 radical (unpaired) electrons. The lowest BCUT2D eigenvalue weighted by atomic mass is 9.58. The molecule has 0 spiro atoms. The quantitative estimate of drug-likeness (QED) is 0.815. The minimum atomic E-state index is -0.750. The predicted octanol–water partition coefficient (Wildman–Crippen LogP) is 4.11. The van der Waals surface area contributed by atoms with Crippen LogP contribution >= 0.6 is 0 Å². The second-order valence-corrected chi connectivity index (χ2v) is 9.09. The lowest BCUT2D eigenvalue weighted by molar-refractivity contribution is -0.146. The number of aliphatic carboxylic acids is 1. The van der Waals surface area contributed by atoms with E-state index in [4.69, 9.17) is 0 Å². The molecule has 2 aliphatic rings. The molecule has 2 fully saturated rings. The molecule has 2 N–H and O–H groups in total. The maximum Gasteiger partial charge on any atom is 0.306 e. The van der Waals surface area contributed by atoms with Crippen LogP contribution in [-0.2, 0) is 15.0 Å². The van der Waals surface area contributed by atoms with Gasteiger partial charge in [-0.05, 0) is 66.7 Å². The Morgan fingerprint density at radius 1 is 1.21 bits per heavy atom. The fraction of sp³-hybridized carbons (Fsp3) is 0.652. The molecule has 1 aliphatic carbocycles. The molecule has 1 aliphatic heterocycles. The fourth-order valence-electron chi connectivity index (χ4n) is 5.49. The third-order valence-corrected chi connectivity index (χ3v) is 7.29. The summed E-state index contributed by atoms with van der Waals surface area (Å²) in [4.78, 5) is 26.1.